The molecule has 0 unspecified atom stereocenters. The lowest BCUT2D eigenvalue weighted by Crippen LogP contribution is -2.22. The van der Waals surface area contributed by atoms with Crippen molar-refractivity contribution in [3.05, 3.63) is 64.8 Å². The number of carbonyl (C=O) groups excluding carboxylic acids is 2. The first-order chi connectivity index (χ1) is 15.6. The summed E-state index contributed by atoms with van der Waals surface area (Å²) in [6.07, 6.45) is 6.62. The number of Topliss-reactive ketones (excluding diaryl/α,β-unsaturated/α-hetero) is 1. The number of anilines is 2. The van der Waals surface area contributed by atoms with Gasteiger partial charge in [0.25, 0.3) is 0 Å². The summed E-state index contributed by atoms with van der Waals surface area (Å²) in [5.74, 6) is 1.05. The van der Waals surface area contributed by atoms with E-state index in [-0.39, 0.29) is 11.7 Å². The Kier molecular flexibility index (Phi) is 7.55. The highest BCUT2D eigenvalue weighted by atomic mass is 32.2. The second-order valence-electron chi connectivity index (χ2n) is 7.88. The number of thioether (sulfide) groups is 1. The fourth-order valence-corrected chi connectivity index (χ4v) is 5.37. The standard InChI is InChI=1S/C24H26N4O2S2/c1-16-9-10-20(19(14-16)22(29)17-6-2-3-7-17)27-23(30)28-24-26-18(15-32-24)11-13-31-21-8-4-5-12-25-21/h4-5,8-10,12,14-15,17H,2-3,6-7,11,13H2,1H3,(H2,26,27,28,30). The summed E-state index contributed by atoms with van der Waals surface area (Å²) in [7, 11) is 0. The fraction of sp³-hybridized carbons (Fsp3) is 0.333. The van der Waals surface area contributed by atoms with Crippen LogP contribution in [0.15, 0.2) is 53.0 Å². The van der Waals surface area contributed by atoms with E-state index in [1.54, 1.807) is 24.0 Å². The number of thiazole rings is 1. The number of aromatic nitrogens is 2. The van der Waals surface area contributed by atoms with Crippen molar-refractivity contribution in [3.63, 3.8) is 0 Å². The van der Waals surface area contributed by atoms with E-state index in [2.05, 4.69) is 20.6 Å². The number of ketones is 1. The highest BCUT2D eigenvalue weighted by Gasteiger charge is 2.26. The zero-order valence-corrected chi connectivity index (χ0v) is 19.6. The minimum absolute atomic E-state index is 0.0610. The van der Waals surface area contributed by atoms with Crippen LogP contribution in [0.4, 0.5) is 15.6 Å². The molecule has 1 fully saturated rings. The van der Waals surface area contributed by atoms with Gasteiger partial charge in [-0.15, -0.1) is 23.1 Å². The molecule has 32 heavy (non-hydrogen) atoms. The topological polar surface area (TPSA) is 84.0 Å². The predicted octanol–water partition coefficient (Wildman–Crippen LogP) is 6.20. The number of benzene rings is 1. The molecule has 0 atom stereocenters. The third-order valence-corrected chi connectivity index (χ3v) is 7.18. The largest absolute Gasteiger partial charge is 0.325 e. The van der Waals surface area contributed by atoms with E-state index in [1.165, 1.54) is 11.3 Å². The molecule has 0 bridgehead atoms. The summed E-state index contributed by atoms with van der Waals surface area (Å²) in [5.41, 5.74) is 3.08. The van der Waals surface area contributed by atoms with Crippen molar-refractivity contribution < 1.29 is 9.59 Å². The molecule has 0 aliphatic heterocycles. The van der Waals surface area contributed by atoms with Crippen LogP contribution in [0.3, 0.4) is 0 Å². The van der Waals surface area contributed by atoms with Gasteiger partial charge in [-0.2, -0.15) is 0 Å². The first kappa shape index (κ1) is 22.5. The van der Waals surface area contributed by atoms with E-state index in [9.17, 15) is 9.59 Å². The van der Waals surface area contributed by atoms with Gasteiger partial charge in [0.2, 0.25) is 0 Å². The lowest BCUT2D eigenvalue weighted by atomic mass is 9.94. The van der Waals surface area contributed by atoms with Crippen LogP contribution in [0, 0.1) is 12.8 Å². The number of amides is 2. The van der Waals surface area contributed by atoms with Crippen LogP contribution in [-0.2, 0) is 6.42 Å². The zero-order chi connectivity index (χ0) is 22.3. The van der Waals surface area contributed by atoms with Gasteiger partial charge in [-0.1, -0.05) is 30.5 Å². The van der Waals surface area contributed by atoms with E-state index in [0.717, 1.165) is 54.1 Å². The van der Waals surface area contributed by atoms with Gasteiger partial charge in [0.05, 0.1) is 16.4 Å². The monoisotopic (exact) mass is 466 g/mol. The van der Waals surface area contributed by atoms with Crippen molar-refractivity contribution in [1.29, 1.82) is 0 Å². The Morgan fingerprint density at radius 2 is 2.00 bits per heavy atom. The Bertz CT molecular complexity index is 1080. The summed E-state index contributed by atoms with van der Waals surface area (Å²) in [4.78, 5) is 34.4. The zero-order valence-electron chi connectivity index (χ0n) is 18.0. The summed E-state index contributed by atoms with van der Waals surface area (Å²) >= 11 is 3.07. The lowest BCUT2D eigenvalue weighted by molar-refractivity contribution is 0.0923. The highest BCUT2D eigenvalue weighted by molar-refractivity contribution is 7.99. The smallest absolute Gasteiger partial charge is 0.307 e. The quantitative estimate of drug-likeness (QED) is 0.305. The molecule has 1 saturated carbocycles. The number of hydrogen-bond acceptors (Lipinski definition) is 6. The van der Waals surface area contributed by atoms with Crippen molar-refractivity contribution in [2.75, 3.05) is 16.4 Å². The average molecular weight is 467 g/mol. The molecule has 0 saturated heterocycles. The lowest BCUT2D eigenvalue weighted by Gasteiger charge is -2.14. The van der Waals surface area contributed by atoms with Gasteiger partial charge in [-0.05, 0) is 44.0 Å². The van der Waals surface area contributed by atoms with Gasteiger partial charge in [0.1, 0.15) is 0 Å². The normalized spacial score (nSPS) is 13.8. The van der Waals surface area contributed by atoms with Gasteiger partial charge in [-0.25, -0.2) is 14.8 Å². The number of nitrogens with zero attached hydrogens (tertiary/aromatic N) is 2. The number of nitrogens with one attached hydrogen (secondary N) is 2. The summed E-state index contributed by atoms with van der Waals surface area (Å²) in [6.45, 7) is 1.96. The molecule has 0 spiro atoms. The summed E-state index contributed by atoms with van der Waals surface area (Å²) in [5, 5.41) is 9.12. The minimum atomic E-state index is -0.391. The number of rotatable bonds is 8. The minimum Gasteiger partial charge on any atom is -0.307 e. The maximum absolute atomic E-state index is 13.0. The second kappa shape index (κ2) is 10.7. The molecule has 1 aliphatic rings. The van der Waals surface area contributed by atoms with Crippen LogP contribution in [0.1, 0.15) is 47.3 Å². The Morgan fingerprint density at radius 1 is 1.16 bits per heavy atom. The number of hydrogen-bond donors (Lipinski definition) is 2. The highest BCUT2D eigenvalue weighted by Crippen LogP contribution is 2.31. The molecule has 8 heteroatoms. The van der Waals surface area contributed by atoms with Crippen LogP contribution < -0.4 is 10.6 Å². The SMILES string of the molecule is Cc1ccc(NC(=O)Nc2nc(CCSc3ccccn3)cs2)c(C(=O)C2CCCC2)c1. The average Bonchev–Trinajstić information content (AvgIpc) is 3.48. The van der Waals surface area contributed by atoms with Gasteiger partial charge in [0.15, 0.2) is 10.9 Å². The van der Waals surface area contributed by atoms with Crippen molar-refractivity contribution in [1.82, 2.24) is 9.97 Å². The van der Waals surface area contributed by atoms with Crippen molar-refractivity contribution in [2.24, 2.45) is 5.92 Å². The fourth-order valence-electron chi connectivity index (χ4n) is 3.80. The molecule has 2 heterocycles. The van der Waals surface area contributed by atoms with E-state index >= 15 is 0 Å². The van der Waals surface area contributed by atoms with Crippen LogP contribution >= 0.6 is 23.1 Å². The molecule has 2 aromatic heterocycles. The Hall–Kier alpha value is -2.71. The van der Waals surface area contributed by atoms with Gasteiger partial charge in [0, 0.05) is 35.2 Å². The first-order valence-corrected chi connectivity index (χ1v) is 12.7. The van der Waals surface area contributed by atoms with Gasteiger partial charge in [-0.3, -0.25) is 10.1 Å². The summed E-state index contributed by atoms with van der Waals surface area (Å²) < 4.78 is 0. The maximum atomic E-state index is 13.0. The Morgan fingerprint density at radius 3 is 2.78 bits per heavy atom. The molecule has 166 valence electrons. The van der Waals surface area contributed by atoms with Crippen molar-refractivity contribution in [2.45, 2.75) is 44.1 Å². The molecule has 3 aromatic rings. The molecule has 6 nitrogen and oxygen atoms in total. The number of aryl methyl sites for hydroxylation is 2. The third kappa shape index (κ3) is 5.95. The first-order valence-electron chi connectivity index (χ1n) is 10.8. The second-order valence-corrected chi connectivity index (χ2v) is 9.86. The Labute approximate surface area is 196 Å². The van der Waals surface area contributed by atoms with E-state index in [4.69, 9.17) is 0 Å². The molecule has 2 amide bonds. The van der Waals surface area contributed by atoms with Crippen LogP contribution in [-0.4, -0.2) is 27.5 Å². The van der Waals surface area contributed by atoms with Gasteiger partial charge >= 0.3 is 6.03 Å². The molecular formula is C24H26N4O2S2. The van der Waals surface area contributed by atoms with Crippen molar-refractivity contribution in [3.8, 4) is 0 Å². The molecule has 1 aromatic carbocycles. The van der Waals surface area contributed by atoms with E-state index in [1.807, 2.05) is 42.6 Å². The number of urea groups is 1. The van der Waals surface area contributed by atoms with Crippen molar-refractivity contribution >= 4 is 45.7 Å². The molecule has 2 N–H and O–H groups in total. The third-order valence-electron chi connectivity index (χ3n) is 5.43. The van der Waals surface area contributed by atoms with Gasteiger partial charge < -0.3 is 5.32 Å². The van der Waals surface area contributed by atoms with E-state index < -0.39 is 6.03 Å². The van der Waals surface area contributed by atoms with E-state index in [0.29, 0.717) is 16.4 Å². The Balaban J connectivity index is 1.33. The van der Waals surface area contributed by atoms with Crippen LogP contribution in [0.5, 0.6) is 0 Å². The maximum Gasteiger partial charge on any atom is 0.325 e. The molecular weight excluding hydrogens is 440 g/mol. The van der Waals surface area contributed by atoms with Crippen LogP contribution in [0.2, 0.25) is 0 Å². The molecule has 4 rings (SSSR count). The number of carbonyl (C=O) groups is 2. The predicted molar refractivity (Wildman–Crippen MR) is 131 cm³/mol. The summed E-state index contributed by atoms with van der Waals surface area (Å²) in [6, 6.07) is 11.0. The number of pyridine rings is 1. The van der Waals surface area contributed by atoms with Crippen LogP contribution in [0.25, 0.3) is 0 Å². The molecule has 1 aliphatic carbocycles. The molecule has 0 radical (unpaired) electrons.